The topological polar surface area (TPSA) is 151 Å². The van der Waals surface area contributed by atoms with Gasteiger partial charge in [-0.3, -0.25) is 14.2 Å². The third-order valence-corrected chi connectivity index (χ3v) is 4.42. The van der Waals surface area contributed by atoms with Crippen LogP contribution >= 0.6 is 8.25 Å². The summed E-state index contributed by atoms with van der Waals surface area (Å²) in [6.45, 7) is -0.285. The number of hydrogen-bond donors (Lipinski definition) is 3. The molecule has 1 aliphatic rings. The maximum atomic E-state index is 12.5. The second kappa shape index (κ2) is 6.81. The van der Waals surface area contributed by atoms with E-state index in [0.717, 1.165) is 0 Å². The standard InChI is InChI=1S/C12H16N5O6P/c18-4-7-1-8(23-24(21)22)2-17(7)9(19)3-16-6-15-10-11(16)13-5-14-12(10)20/h5-8,18,24H,1-4H2,(H,21,22)(H,13,14,20)/t7-,8+/m0/s1. The highest BCUT2D eigenvalue weighted by Crippen LogP contribution is 2.28. The van der Waals surface area contributed by atoms with Gasteiger partial charge in [0, 0.05) is 6.54 Å². The van der Waals surface area contributed by atoms with Gasteiger partial charge in [0.05, 0.1) is 31.4 Å². The van der Waals surface area contributed by atoms with Crippen LogP contribution in [0.5, 0.6) is 0 Å². The van der Waals surface area contributed by atoms with Gasteiger partial charge in [-0.15, -0.1) is 0 Å². The fraction of sp³-hybridized carbons (Fsp3) is 0.500. The number of nitrogens with one attached hydrogen (secondary N) is 1. The first-order valence-electron chi connectivity index (χ1n) is 7.18. The number of rotatable bonds is 5. The molecule has 130 valence electrons. The number of aliphatic hydroxyl groups is 1. The van der Waals surface area contributed by atoms with E-state index in [4.69, 9.17) is 9.42 Å². The summed E-state index contributed by atoms with van der Waals surface area (Å²) < 4.78 is 17.1. The lowest BCUT2D eigenvalue weighted by molar-refractivity contribution is -0.133. The number of nitrogens with zero attached hydrogens (tertiary/aromatic N) is 4. The van der Waals surface area contributed by atoms with Gasteiger partial charge in [-0.05, 0) is 6.42 Å². The van der Waals surface area contributed by atoms with Crippen molar-refractivity contribution in [2.24, 2.45) is 0 Å². The summed E-state index contributed by atoms with van der Waals surface area (Å²) in [5, 5.41) is 9.41. The zero-order chi connectivity index (χ0) is 17.3. The molecule has 3 N–H and O–H groups in total. The van der Waals surface area contributed by atoms with Gasteiger partial charge in [0.25, 0.3) is 5.56 Å². The highest BCUT2D eigenvalue weighted by Gasteiger charge is 2.36. The summed E-state index contributed by atoms with van der Waals surface area (Å²) in [5.41, 5.74) is 0.00714. The van der Waals surface area contributed by atoms with E-state index in [1.807, 2.05) is 0 Å². The number of likely N-dealkylation sites (tertiary alicyclic amines) is 1. The van der Waals surface area contributed by atoms with Crippen molar-refractivity contribution in [2.75, 3.05) is 13.2 Å². The van der Waals surface area contributed by atoms with Crippen LogP contribution < -0.4 is 5.56 Å². The second-order valence-electron chi connectivity index (χ2n) is 5.40. The Morgan fingerprint density at radius 1 is 1.50 bits per heavy atom. The molecule has 0 aliphatic carbocycles. The molecule has 2 aromatic rings. The number of hydrogen-bond acceptors (Lipinski definition) is 7. The van der Waals surface area contributed by atoms with Crippen molar-refractivity contribution in [1.29, 1.82) is 0 Å². The number of H-pyrrole nitrogens is 1. The average Bonchev–Trinajstić information content (AvgIpc) is 3.12. The minimum absolute atomic E-state index is 0.113. The summed E-state index contributed by atoms with van der Waals surface area (Å²) in [6.07, 6.45) is 2.25. The Labute approximate surface area is 135 Å². The molecule has 1 aliphatic heterocycles. The summed E-state index contributed by atoms with van der Waals surface area (Å²) in [5.74, 6) is -0.334. The molecule has 24 heavy (non-hydrogen) atoms. The smallest absolute Gasteiger partial charge is 0.316 e. The van der Waals surface area contributed by atoms with Crippen LogP contribution in [0.1, 0.15) is 6.42 Å². The van der Waals surface area contributed by atoms with Crippen molar-refractivity contribution >= 4 is 25.3 Å². The van der Waals surface area contributed by atoms with Gasteiger partial charge in [-0.1, -0.05) is 0 Å². The molecule has 0 bridgehead atoms. The summed E-state index contributed by atoms with van der Waals surface area (Å²) in [6, 6.07) is -0.491. The molecule has 3 rings (SSSR count). The SMILES string of the molecule is O=C(Cn1cnc2c(=O)[nH]cnc21)N1C[C@H](O[PH](=O)O)C[C@H]1CO. The number of carbonyl (C=O) groups is 1. The fourth-order valence-corrected chi connectivity index (χ4v) is 3.28. The zero-order valence-electron chi connectivity index (χ0n) is 12.5. The van der Waals surface area contributed by atoms with E-state index in [0.29, 0.717) is 0 Å². The van der Waals surface area contributed by atoms with Crippen LogP contribution in [-0.4, -0.2) is 65.6 Å². The lowest BCUT2D eigenvalue weighted by Crippen LogP contribution is -2.40. The lowest BCUT2D eigenvalue weighted by atomic mass is 10.2. The van der Waals surface area contributed by atoms with E-state index < -0.39 is 26.0 Å². The lowest BCUT2D eigenvalue weighted by Gasteiger charge is -2.22. The molecule has 1 fully saturated rings. The molecular weight excluding hydrogens is 341 g/mol. The van der Waals surface area contributed by atoms with E-state index in [1.54, 1.807) is 0 Å². The number of aliphatic hydroxyl groups excluding tert-OH is 1. The summed E-state index contributed by atoms with van der Waals surface area (Å²) >= 11 is 0. The molecule has 2 aromatic heterocycles. The number of carbonyl (C=O) groups excluding carboxylic acids is 1. The molecule has 0 spiro atoms. The Morgan fingerprint density at radius 2 is 2.29 bits per heavy atom. The van der Waals surface area contributed by atoms with Crippen molar-refractivity contribution in [1.82, 2.24) is 24.4 Å². The molecule has 3 atom stereocenters. The quantitative estimate of drug-likeness (QED) is 0.546. The fourth-order valence-electron chi connectivity index (χ4n) is 2.82. The van der Waals surface area contributed by atoms with Crippen LogP contribution in [0.25, 0.3) is 11.2 Å². The molecule has 3 heterocycles. The van der Waals surface area contributed by atoms with Crippen molar-refractivity contribution in [3.63, 3.8) is 0 Å². The van der Waals surface area contributed by atoms with Gasteiger partial charge >= 0.3 is 8.25 Å². The van der Waals surface area contributed by atoms with Crippen molar-refractivity contribution in [2.45, 2.75) is 25.1 Å². The third-order valence-electron chi connectivity index (χ3n) is 3.89. The molecule has 11 nitrogen and oxygen atoms in total. The third kappa shape index (κ3) is 3.24. The number of amides is 1. The second-order valence-corrected chi connectivity index (χ2v) is 6.17. The van der Waals surface area contributed by atoms with E-state index in [2.05, 4.69) is 15.0 Å². The molecule has 12 heteroatoms. The van der Waals surface area contributed by atoms with Crippen LogP contribution in [0, 0.1) is 0 Å². The van der Waals surface area contributed by atoms with E-state index >= 15 is 0 Å². The van der Waals surface area contributed by atoms with Gasteiger partial charge in [-0.2, -0.15) is 0 Å². The van der Waals surface area contributed by atoms with Crippen molar-refractivity contribution in [3.05, 3.63) is 23.0 Å². The molecular formula is C12H16N5O6P. The van der Waals surface area contributed by atoms with Crippen molar-refractivity contribution in [3.8, 4) is 0 Å². The number of aromatic amines is 1. The van der Waals surface area contributed by atoms with E-state index in [-0.39, 0.29) is 43.2 Å². The summed E-state index contributed by atoms with van der Waals surface area (Å²) in [7, 11) is -3.11. The number of fused-ring (bicyclic) bond motifs is 1. The first kappa shape index (κ1) is 16.8. The molecule has 1 unspecified atom stereocenters. The summed E-state index contributed by atoms with van der Waals surface area (Å²) in [4.78, 5) is 44.7. The predicted molar refractivity (Wildman–Crippen MR) is 81.4 cm³/mol. The van der Waals surface area contributed by atoms with Gasteiger partial charge < -0.3 is 29.0 Å². The zero-order valence-corrected chi connectivity index (χ0v) is 13.5. The Balaban J connectivity index is 1.77. The minimum Gasteiger partial charge on any atom is -0.394 e. The number of aromatic nitrogens is 4. The Bertz CT molecular complexity index is 835. The number of imidazole rings is 1. The highest BCUT2D eigenvalue weighted by atomic mass is 31.1. The van der Waals surface area contributed by atoms with Crippen molar-refractivity contribution < 1.29 is 23.9 Å². The highest BCUT2D eigenvalue weighted by molar-refractivity contribution is 7.32. The maximum Gasteiger partial charge on any atom is 0.316 e. The van der Waals surface area contributed by atoms with Crippen LogP contribution in [-0.2, 0) is 20.4 Å². The predicted octanol–water partition coefficient (Wildman–Crippen LogP) is -1.52. The monoisotopic (exact) mass is 357 g/mol. The van der Waals surface area contributed by atoms with Gasteiger partial charge in [0.1, 0.15) is 6.54 Å². The largest absolute Gasteiger partial charge is 0.394 e. The molecule has 1 saturated heterocycles. The van der Waals surface area contributed by atoms with Gasteiger partial charge in [0.2, 0.25) is 5.91 Å². The van der Waals surface area contributed by atoms with Gasteiger partial charge in [0.15, 0.2) is 11.2 Å². The van der Waals surface area contributed by atoms with Crippen LogP contribution in [0.4, 0.5) is 0 Å². The first-order valence-corrected chi connectivity index (χ1v) is 8.44. The van der Waals surface area contributed by atoms with E-state index in [9.17, 15) is 19.3 Å². The van der Waals surface area contributed by atoms with Crippen LogP contribution in [0.15, 0.2) is 17.4 Å². The van der Waals surface area contributed by atoms with E-state index in [1.165, 1.54) is 22.1 Å². The molecule has 0 radical (unpaired) electrons. The molecule has 0 saturated carbocycles. The molecule has 1 amide bonds. The van der Waals surface area contributed by atoms with Crippen LogP contribution in [0.3, 0.4) is 0 Å². The normalized spacial score (nSPS) is 22.2. The molecule has 0 aromatic carbocycles. The Hall–Kier alpha value is -2.07. The van der Waals surface area contributed by atoms with Crippen LogP contribution in [0.2, 0.25) is 0 Å². The maximum absolute atomic E-state index is 12.5. The Morgan fingerprint density at radius 3 is 3.00 bits per heavy atom. The average molecular weight is 357 g/mol. The first-order chi connectivity index (χ1) is 11.5. The van der Waals surface area contributed by atoms with Gasteiger partial charge in [-0.25, -0.2) is 9.97 Å². The Kier molecular flexibility index (Phi) is 4.76. The minimum atomic E-state index is -3.11.